The van der Waals surface area contributed by atoms with Gasteiger partial charge in [0, 0.05) is 11.6 Å². The molecular formula is C17H29N3. The number of aryl methyl sites for hydroxylation is 1. The van der Waals surface area contributed by atoms with E-state index in [1.807, 2.05) is 0 Å². The third-order valence-electron chi connectivity index (χ3n) is 4.98. The van der Waals surface area contributed by atoms with Gasteiger partial charge in [0.25, 0.3) is 0 Å². The van der Waals surface area contributed by atoms with Crippen LogP contribution in [0.2, 0.25) is 0 Å². The van der Waals surface area contributed by atoms with Crippen molar-refractivity contribution in [3.05, 3.63) is 35.4 Å². The monoisotopic (exact) mass is 275 g/mol. The van der Waals surface area contributed by atoms with E-state index in [0.717, 1.165) is 6.42 Å². The largest absolute Gasteiger partial charge is 0.302 e. The van der Waals surface area contributed by atoms with Crippen molar-refractivity contribution in [1.82, 2.24) is 10.3 Å². The summed E-state index contributed by atoms with van der Waals surface area (Å²) in [6.07, 6.45) is 7.45. The third-order valence-corrected chi connectivity index (χ3v) is 4.98. The molecule has 0 heterocycles. The van der Waals surface area contributed by atoms with E-state index in [1.54, 1.807) is 0 Å². The molecule has 0 radical (unpaired) electrons. The maximum absolute atomic E-state index is 5.94. The van der Waals surface area contributed by atoms with Crippen LogP contribution in [-0.4, -0.2) is 30.6 Å². The second kappa shape index (κ2) is 6.70. The van der Waals surface area contributed by atoms with Crippen LogP contribution in [0.3, 0.4) is 0 Å². The predicted octanol–water partition coefficient (Wildman–Crippen LogP) is 2.63. The lowest BCUT2D eigenvalue weighted by Gasteiger charge is -2.48. The minimum absolute atomic E-state index is 0.191. The summed E-state index contributed by atoms with van der Waals surface area (Å²) in [4.78, 5) is 2.40. The zero-order valence-electron chi connectivity index (χ0n) is 13.2. The molecule has 20 heavy (non-hydrogen) atoms. The first-order valence-electron chi connectivity index (χ1n) is 7.77. The molecule has 1 unspecified atom stereocenters. The molecule has 0 spiro atoms. The van der Waals surface area contributed by atoms with E-state index in [-0.39, 0.29) is 5.54 Å². The van der Waals surface area contributed by atoms with E-state index >= 15 is 0 Å². The van der Waals surface area contributed by atoms with Crippen molar-refractivity contribution in [3.63, 3.8) is 0 Å². The number of hydrogen-bond donors (Lipinski definition) is 2. The summed E-state index contributed by atoms with van der Waals surface area (Å²) in [5.41, 5.74) is 6.01. The van der Waals surface area contributed by atoms with Crippen LogP contribution in [0.5, 0.6) is 0 Å². The number of hydrazine groups is 1. The summed E-state index contributed by atoms with van der Waals surface area (Å²) in [6, 6.07) is 9.08. The van der Waals surface area contributed by atoms with Crippen molar-refractivity contribution >= 4 is 0 Å². The van der Waals surface area contributed by atoms with E-state index in [4.69, 9.17) is 5.84 Å². The Labute approximate surface area is 123 Å². The van der Waals surface area contributed by atoms with E-state index < -0.39 is 0 Å². The second-order valence-corrected chi connectivity index (χ2v) is 6.47. The lowest BCUT2D eigenvalue weighted by molar-refractivity contribution is 0.0569. The molecule has 1 saturated carbocycles. The van der Waals surface area contributed by atoms with E-state index in [9.17, 15) is 0 Å². The Kier molecular flexibility index (Phi) is 5.19. The van der Waals surface area contributed by atoms with E-state index in [0.29, 0.717) is 6.04 Å². The fourth-order valence-electron chi connectivity index (χ4n) is 3.75. The quantitative estimate of drug-likeness (QED) is 0.641. The summed E-state index contributed by atoms with van der Waals surface area (Å²) in [7, 11) is 4.40. The molecule has 3 heteroatoms. The molecule has 3 N–H and O–H groups in total. The number of hydrogen-bond acceptors (Lipinski definition) is 3. The molecule has 1 aliphatic rings. The Bertz CT molecular complexity index is 422. The Morgan fingerprint density at radius 1 is 1.25 bits per heavy atom. The number of nitrogens with two attached hydrogens (primary N) is 1. The molecule has 3 nitrogen and oxygen atoms in total. The summed E-state index contributed by atoms with van der Waals surface area (Å²) < 4.78 is 0. The summed E-state index contributed by atoms with van der Waals surface area (Å²) >= 11 is 0. The molecule has 2 rings (SSSR count). The molecule has 0 bridgehead atoms. The third kappa shape index (κ3) is 3.22. The molecule has 1 aromatic carbocycles. The normalized spacial score (nSPS) is 20.1. The van der Waals surface area contributed by atoms with Gasteiger partial charge in [-0.15, -0.1) is 0 Å². The van der Waals surface area contributed by atoms with E-state index in [2.05, 4.69) is 55.6 Å². The van der Waals surface area contributed by atoms with Gasteiger partial charge in [-0.2, -0.15) is 0 Å². The lowest BCUT2D eigenvalue weighted by Crippen LogP contribution is -2.62. The van der Waals surface area contributed by atoms with Gasteiger partial charge in [-0.1, -0.05) is 49.1 Å². The number of benzene rings is 1. The maximum atomic E-state index is 5.94. The van der Waals surface area contributed by atoms with Gasteiger partial charge in [0.1, 0.15) is 0 Å². The highest BCUT2D eigenvalue weighted by molar-refractivity contribution is 5.24. The first kappa shape index (κ1) is 15.5. The van der Waals surface area contributed by atoms with Gasteiger partial charge in [0.15, 0.2) is 0 Å². The first-order valence-corrected chi connectivity index (χ1v) is 7.77. The van der Waals surface area contributed by atoms with Gasteiger partial charge >= 0.3 is 0 Å². The standard InChI is InChI=1S/C17H29N3/c1-14-8-7-9-15(12-14)13-16(19-18)17(20(2)3)10-5-4-6-11-17/h7-9,12,16,19H,4-6,10-11,13,18H2,1-3H3. The topological polar surface area (TPSA) is 41.3 Å². The average Bonchev–Trinajstić information content (AvgIpc) is 2.45. The fraction of sp³-hybridized carbons (Fsp3) is 0.647. The van der Waals surface area contributed by atoms with Gasteiger partial charge in [-0.3, -0.25) is 11.3 Å². The van der Waals surface area contributed by atoms with Crippen LogP contribution in [-0.2, 0) is 6.42 Å². The van der Waals surface area contributed by atoms with Crippen LogP contribution in [0, 0.1) is 6.92 Å². The van der Waals surface area contributed by atoms with Gasteiger partial charge in [0.05, 0.1) is 0 Å². The second-order valence-electron chi connectivity index (χ2n) is 6.47. The van der Waals surface area contributed by atoms with E-state index in [1.165, 1.54) is 43.2 Å². The molecule has 112 valence electrons. The van der Waals surface area contributed by atoms with Crippen molar-refractivity contribution in [2.24, 2.45) is 5.84 Å². The van der Waals surface area contributed by atoms with Crippen molar-refractivity contribution in [1.29, 1.82) is 0 Å². The number of nitrogens with zero attached hydrogens (tertiary/aromatic N) is 1. The van der Waals surface area contributed by atoms with Gasteiger partial charge < -0.3 is 4.90 Å². The highest BCUT2D eigenvalue weighted by atomic mass is 15.3. The van der Waals surface area contributed by atoms with Gasteiger partial charge in [-0.05, 0) is 45.8 Å². The Morgan fingerprint density at radius 2 is 1.95 bits per heavy atom. The molecular weight excluding hydrogens is 246 g/mol. The Balaban J connectivity index is 2.20. The number of nitrogens with one attached hydrogen (secondary N) is 1. The van der Waals surface area contributed by atoms with Crippen LogP contribution < -0.4 is 11.3 Å². The molecule has 1 aromatic rings. The lowest BCUT2D eigenvalue weighted by atomic mass is 9.73. The highest BCUT2D eigenvalue weighted by Crippen LogP contribution is 2.36. The SMILES string of the molecule is Cc1cccc(CC(NN)C2(N(C)C)CCCCC2)c1. The Hall–Kier alpha value is -0.900. The molecule has 0 saturated heterocycles. The summed E-state index contributed by atoms with van der Waals surface area (Å²) in [5.74, 6) is 5.94. The van der Waals surface area contributed by atoms with Crippen molar-refractivity contribution < 1.29 is 0 Å². The molecule has 0 amide bonds. The summed E-state index contributed by atoms with van der Waals surface area (Å²) in [5, 5.41) is 0. The fourth-order valence-corrected chi connectivity index (χ4v) is 3.75. The minimum Gasteiger partial charge on any atom is -0.302 e. The van der Waals surface area contributed by atoms with Gasteiger partial charge in [-0.25, -0.2) is 0 Å². The van der Waals surface area contributed by atoms with Crippen molar-refractivity contribution in [2.75, 3.05) is 14.1 Å². The minimum atomic E-state index is 0.191. The Morgan fingerprint density at radius 3 is 2.50 bits per heavy atom. The smallest absolute Gasteiger partial charge is 0.0434 e. The number of rotatable bonds is 5. The van der Waals surface area contributed by atoms with Gasteiger partial charge in [0.2, 0.25) is 0 Å². The highest BCUT2D eigenvalue weighted by Gasteiger charge is 2.41. The van der Waals surface area contributed by atoms with Crippen molar-refractivity contribution in [2.45, 2.75) is 57.0 Å². The number of likely N-dealkylation sites (N-methyl/N-ethyl adjacent to an activating group) is 1. The predicted molar refractivity (Wildman–Crippen MR) is 85.5 cm³/mol. The average molecular weight is 275 g/mol. The molecule has 1 fully saturated rings. The van der Waals surface area contributed by atoms with Crippen molar-refractivity contribution in [3.8, 4) is 0 Å². The van der Waals surface area contributed by atoms with Crippen LogP contribution in [0.25, 0.3) is 0 Å². The zero-order chi connectivity index (χ0) is 14.6. The van der Waals surface area contributed by atoms with Crippen LogP contribution in [0.15, 0.2) is 24.3 Å². The molecule has 0 aliphatic heterocycles. The maximum Gasteiger partial charge on any atom is 0.0434 e. The molecule has 0 aromatic heterocycles. The molecule has 1 aliphatic carbocycles. The van der Waals surface area contributed by atoms with Crippen LogP contribution in [0.1, 0.15) is 43.2 Å². The van der Waals surface area contributed by atoms with Crippen LogP contribution in [0.4, 0.5) is 0 Å². The zero-order valence-corrected chi connectivity index (χ0v) is 13.2. The van der Waals surface area contributed by atoms with Crippen LogP contribution >= 0.6 is 0 Å². The first-order chi connectivity index (χ1) is 9.58. The molecule has 1 atom stereocenters. The summed E-state index contributed by atoms with van der Waals surface area (Å²) in [6.45, 7) is 2.15.